The fourth-order valence-electron chi connectivity index (χ4n) is 1.42. The van der Waals surface area contributed by atoms with Gasteiger partial charge in [-0.3, -0.25) is 0 Å². The molecular weight excluding hydrogens is 280 g/mol. The predicted molar refractivity (Wildman–Crippen MR) is 82.4 cm³/mol. The topological polar surface area (TPSA) is 54.0 Å². The van der Waals surface area contributed by atoms with E-state index in [1.165, 1.54) is 0 Å². The molecule has 0 amide bonds. The van der Waals surface area contributed by atoms with E-state index >= 15 is 0 Å². The number of esters is 1. The first-order chi connectivity index (χ1) is 9.74. The summed E-state index contributed by atoms with van der Waals surface area (Å²) in [6.45, 7) is 9.87. The molecular formula is C14H29O5S+. The zero-order chi connectivity index (χ0) is 15.1. The second kappa shape index (κ2) is 15.1. The third-order valence-corrected chi connectivity index (χ3v) is 4.85. The van der Waals surface area contributed by atoms with E-state index in [-0.39, 0.29) is 16.9 Å². The van der Waals surface area contributed by atoms with Gasteiger partial charge in [0.1, 0.15) is 18.1 Å². The molecule has 0 fully saturated rings. The molecule has 0 heterocycles. The smallest absolute Gasteiger partial charge is 0.356 e. The van der Waals surface area contributed by atoms with Crippen molar-refractivity contribution in [2.75, 3.05) is 63.5 Å². The second-order valence-corrected chi connectivity index (χ2v) is 6.64. The van der Waals surface area contributed by atoms with Crippen LogP contribution in [0.25, 0.3) is 0 Å². The summed E-state index contributed by atoms with van der Waals surface area (Å²) in [5.74, 6) is 2.50. The lowest BCUT2D eigenvalue weighted by molar-refractivity contribution is -0.142. The van der Waals surface area contributed by atoms with Gasteiger partial charge in [-0.05, 0) is 31.7 Å². The van der Waals surface area contributed by atoms with Crippen LogP contribution < -0.4 is 0 Å². The van der Waals surface area contributed by atoms with E-state index in [1.54, 1.807) is 0 Å². The molecule has 0 aliphatic rings. The molecule has 0 N–H and O–H groups in total. The molecule has 0 aromatic rings. The minimum atomic E-state index is -0.117. The summed E-state index contributed by atoms with van der Waals surface area (Å²) in [6, 6.07) is 0. The molecule has 0 saturated heterocycles. The number of hydrogen-bond acceptors (Lipinski definition) is 5. The van der Waals surface area contributed by atoms with E-state index < -0.39 is 0 Å². The maximum absolute atomic E-state index is 11.5. The van der Waals surface area contributed by atoms with E-state index in [4.69, 9.17) is 18.9 Å². The number of rotatable bonds is 14. The average Bonchev–Trinajstić information content (AvgIpc) is 2.46. The SMILES string of the molecule is CCOCCOCCOCCOC(=O)C[S+](CC)CC. The molecule has 0 aromatic carbocycles. The minimum absolute atomic E-state index is 0.117. The van der Waals surface area contributed by atoms with Crippen molar-refractivity contribution < 1.29 is 23.7 Å². The largest absolute Gasteiger partial charge is 0.460 e. The maximum atomic E-state index is 11.5. The summed E-state index contributed by atoms with van der Waals surface area (Å²) in [6.07, 6.45) is 0. The summed E-state index contributed by atoms with van der Waals surface area (Å²) >= 11 is 0. The lowest BCUT2D eigenvalue weighted by atomic mass is 10.7. The maximum Gasteiger partial charge on any atom is 0.356 e. The van der Waals surface area contributed by atoms with Crippen molar-refractivity contribution >= 4 is 16.9 Å². The Morgan fingerprint density at radius 3 is 1.80 bits per heavy atom. The molecule has 0 spiro atoms. The first-order valence-corrected chi connectivity index (χ1v) is 9.00. The summed E-state index contributed by atoms with van der Waals surface area (Å²) < 4.78 is 20.8. The van der Waals surface area contributed by atoms with Gasteiger partial charge >= 0.3 is 5.97 Å². The van der Waals surface area contributed by atoms with Crippen molar-refractivity contribution in [2.24, 2.45) is 0 Å². The van der Waals surface area contributed by atoms with E-state index in [0.717, 1.165) is 11.5 Å². The fraction of sp³-hybridized carbons (Fsp3) is 0.929. The van der Waals surface area contributed by atoms with Gasteiger partial charge in [-0.2, -0.15) is 0 Å². The van der Waals surface area contributed by atoms with Crippen molar-refractivity contribution in [3.8, 4) is 0 Å². The van der Waals surface area contributed by atoms with E-state index in [2.05, 4.69) is 13.8 Å². The second-order valence-electron chi connectivity index (χ2n) is 3.98. The monoisotopic (exact) mass is 309 g/mol. The summed E-state index contributed by atoms with van der Waals surface area (Å²) in [4.78, 5) is 11.5. The molecule has 0 atom stereocenters. The first kappa shape index (κ1) is 19.7. The Morgan fingerprint density at radius 1 is 0.800 bits per heavy atom. The van der Waals surface area contributed by atoms with Crippen molar-refractivity contribution in [3.05, 3.63) is 0 Å². The molecule has 0 aliphatic carbocycles. The number of carbonyl (C=O) groups is 1. The number of ether oxygens (including phenoxy) is 4. The molecule has 0 unspecified atom stereocenters. The molecule has 0 aliphatic heterocycles. The third-order valence-electron chi connectivity index (χ3n) is 2.58. The van der Waals surface area contributed by atoms with Crippen LogP contribution in [0.3, 0.4) is 0 Å². The molecule has 5 nitrogen and oxygen atoms in total. The van der Waals surface area contributed by atoms with Crippen LogP contribution in [0.15, 0.2) is 0 Å². The van der Waals surface area contributed by atoms with Gasteiger partial charge in [-0.25, -0.2) is 4.79 Å². The highest BCUT2D eigenvalue weighted by Gasteiger charge is 2.18. The highest BCUT2D eigenvalue weighted by atomic mass is 32.2. The van der Waals surface area contributed by atoms with Crippen LogP contribution in [0.4, 0.5) is 0 Å². The zero-order valence-corrected chi connectivity index (χ0v) is 13.8. The van der Waals surface area contributed by atoms with Gasteiger partial charge in [0.05, 0.1) is 33.0 Å². The lowest BCUT2D eigenvalue weighted by Gasteiger charge is -2.07. The Morgan fingerprint density at radius 2 is 1.30 bits per heavy atom. The van der Waals surface area contributed by atoms with Crippen molar-refractivity contribution in [1.29, 1.82) is 0 Å². The van der Waals surface area contributed by atoms with Gasteiger partial charge < -0.3 is 18.9 Å². The van der Waals surface area contributed by atoms with E-state index in [0.29, 0.717) is 52.0 Å². The van der Waals surface area contributed by atoms with Gasteiger partial charge in [-0.1, -0.05) is 0 Å². The number of hydrogen-bond donors (Lipinski definition) is 0. The molecule has 0 saturated carbocycles. The van der Waals surface area contributed by atoms with Crippen LogP contribution >= 0.6 is 0 Å². The van der Waals surface area contributed by atoms with Gasteiger partial charge in [0.25, 0.3) is 0 Å². The van der Waals surface area contributed by atoms with Crippen LogP contribution in [0.5, 0.6) is 0 Å². The van der Waals surface area contributed by atoms with E-state index in [1.807, 2.05) is 6.92 Å². The zero-order valence-electron chi connectivity index (χ0n) is 13.0. The Bertz CT molecular complexity index is 222. The van der Waals surface area contributed by atoms with Crippen molar-refractivity contribution in [2.45, 2.75) is 20.8 Å². The minimum Gasteiger partial charge on any atom is -0.460 e. The third kappa shape index (κ3) is 12.7. The average molecular weight is 309 g/mol. The summed E-state index contributed by atoms with van der Waals surface area (Å²) in [7, 11) is 0.170. The van der Waals surface area contributed by atoms with E-state index in [9.17, 15) is 4.79 Å². The number of carbonyl (C=O) groups excluding carboxylic acids is 1. The molecule has 0 aromatic heterocycles. The first-order valence-electron chi connectivity index (χ1n) is 7.27. The van der Waals surface area contributed by atoms with Gasteiger partial charge in [0.2, 0.25) is 5.75 Å². The molecule has 120 valence electrons. The van der Waals surface area contributed by atoms with Crippen LogP contribution in [0.1, 0.15) is 20.8 Å². The van der Waals surface area contributed by atoms with Crippen LogP contribution in [0, 0.1) is 0 Å². The fourth-order valence-corrected chi connectivity index (χ4v) is 2.65. The van der Waals surface area contributed by atoms with Gasteiger partial charge in [-0.15, -0.1) is 0 Å². The normalized spacial score (nSPS) is 11.0. The molecule has 20 heavy (non-hydrogen) atoms. The Balaban J connectivity index is 3.25. The van der Waals surface area contributed by atoms with Gasteiger partial charge in [0, 0.05) is 6.61 Å². The summed E-state index contributed by atoms with van der Waals surface area (Å²) in [5.41, 5.74) is 0. The lowest BCUT2D eigenvalue weighted by Crippen LogP contribution is -2.23. The predicted octanol–water partition coefficient (Wildman–Crippen LogP) is 1.26. The van der Waals surface area contributed by atoms with Crippen molar-refractivity contribution in [3.63, 3.8) is 0 Å². The molecule has 0 radical (unpaired) electrons. The Hall–Kier alpha value is -0.300. The highest BCUT2D eigenvalue weighted by Crippen LogP contribution is 1.97. The van der Waals surface area contributed by atoms with Crippen LogP contribution in [-0.2, 0) is 34.6 Å². The van der Waals surface area contributed by atoms with Crippen LogP contribution in [0.2, 0.25) is 0 Å². The standard InChI is InChI=1S/C14H29O5S/c1-4-16-7-8-17-9-10-18-11-12-19-14(15)13-20(5-2)6-3/h4-13H2,1-3H3/q+1. The van der Waals surface area contributed by atoms with Crippen LogP contribution in [-0.4, -0.2) is 69.5 Å². The highest BCUT2D eigenvalue weighted by molar-refractivity contribution is 7.97. The quantitative estimate of drug-likeness (QED) is 0.275. The Labute approximate surface area is 125 Å². The molecule has 6 heteroatoms. The van der Waals surface area contributed by atoms with Gasteiger partial charge in [0.15, 0.2) is 0 Å². The molecule has 0 bridgehead atoms. The summed E-state index contributed by atoms with van der Waals surface area (Å²) in [5, 5.41) is 0. The van der Waals surface area contributed by atoms with Crippen molar-refractivity contribution in [1.82, 2.24) is 0 Å². The molecule has 0 rings (SSSR count). The Kier molecular flexibility index (Phi) is 14.9.